The summed E-state index contributed by atoms with van der Waals surface area (Å²) in [7, 11) is 0. The van der Waals surface area contributed by atoms with Crippen LogP contribution in [-0.4, -0.2) is 78.4 Å². The van der Waals surface area contributed by atoms with E-state index in [1.54, 1.807) is 17.1 Å². The zero-order valence-electron chi connectivity index (χ0n) is 34.0. The van der Waals surface area contributed by atoms with E-state index < -0.39 is 30.1 Å². The van der Waals surface area contributed by atoms with Crippen LogP contribution in [0.5, 0.6) is 5.75 Å². The minimum absolute atomic E-state index is 0.0536. The molecule has 4 atom stereocenters. The van der Waals surface area contributed by atoms with Gasteiger partial charge in [-0.2, -0.15) is 0 Å². The first-order chi connectivity index (χ1) is 29.3. The molecule has 4 aromatic carbocycles. The van der Waals surface area contributed by atoms with Crippen LogP contribution in [0.3, 0.4) is 0 Å². The Balaban J connectivity index is 1.11. The van der Waals surface area contributed by atoms with Crippen molar-refractivity contribution >= 4 is 23.9 Å². The number of hydrogen-bond donors (Lipinski definition) is 3. The summed E-state index contributed by atoms with van der Waals surface area (Å²) in [5, 5.41) is 15.5. The molecule has 6 rings (SSSR count). The van der Waals surface area contributed by atoms with Gasteiger partial charge in [-0.05, 0) is 84.0 Å². The van der Waals surface area contributed by atoms with Gasteiger partial charge in [-0.15, -0.1) is 13.2 Å². The quantitative estimate of drug-likeness (QED) is 0.0589. The fraction of sp³-hybridized carbons (Fsp3) is 0.347. The number of carbonyl (C=O) groups excluding carboxylic acids is 4. The Labute approximate surface area is 352 Å². The maximum absolute atomic E-state index is 13.9. The van der Waals surface area contributed by atoms with Crippen LogP contribution in [-0.2, 0) is 36.9 Å². The van der Waals surface area contributed by atoms with E-state index in [4.69, 9.17) is 14.2 Å². The van der Waals surface area contributed by atoms with Crippen LogP contribution in [0.1, 0.15) is 66.7 Å². The highest BCUT2D eigenvalue weighted by molar-refractivity contribution is 5.86. The Kier molecular flexibility index (Phi) is 15.7. The molecule has 314 valence electrons. The number of rotatable bonds is 21. The molecule has 0 saturated carbocycles. The molecule has 3 amide bonds. The second-order valence-electron chi connectivity index (χ2n) is 15.3. The summed E-state index contributed by atoms with van der Waals surface area (Å²) >= 11 is 0. The Bertz CT molecular complexity index is 2040. The van der Waals surface area contributed by atoms with Gasteiger partial charge < -0.3 is 34.9 Å². The van der Waals surface area contributed by atoms with Crippen molar-refractivity contribution in [3.05, 3.63) is 151 Å². The van der Waals surface area contributed by atoms with Gasteiger partial charge in [0.15, 0.2) is 0 Å². The highest BCUT2D eigenvalue weighted by atomic mass is 16.6. The molecular weight excluding hydrogens is 759 g/mol. The summed E-state index contributed by atoms with van der Waals surface area (Å²) in [6.07, 6.45) is 5.16. The minimum atomic E-state index is -1.04. The summed E-state index contributed by atoms with van der Waals surface area (Å²) in [6.45, 7) is 8.28. The lowest BCUT2D eigenvalue weighted by Crippen LogP contribution is -2.47. The molecule has 0 spiro atoms. The van der Waals surface area contributed by atoms with Crippen molar-refractivity contribution in [2.75, 3.05) is 26.4 Å². The van der Waals surface area contributed by atoms with Crippen molar-refractivity contribution in [1.29, 1.82) is 0 Å². The van der Waals surface area contributed by atoms with Gasteiger partial charge in [0.1, 0.15) is 31.6 Å². The van der Waals surface area contributed by atoms with E-state index >= 15 is 0 Å². The Morgan fingerprint density at radius 3 is 2.17 bits per heavy atom. The van der Waals surface area contributed by atoms with Crippen molar-refractivity contribution in [3.8, 4) is 16.9 Å². The molecule has 0 unspecified atom stereocenters. The number of nitrogens with zero attached hydrogens (tertiary/aromatic N) is 1. The molecular formula is C49H55N3O8. The van der Waals surface area contributed by atoms with E-state index in [1.807, 2.05) is 91.0 Å². The minimum Gasteiger partial charge on any atom is -0.489 e. The zero-order valence-corrected chi connectivity index (χ0v) is 34.0. The number of amides is 3. The number of carbonyl (C=O) groups is 4. The number of likely N-dealkylation sites (tertiary alicyclic amines) is 1. The molecule has 1 aliphatic heterocycles. The summed E-state index contributed by atoms with van der Waals surface area (Å²) in [5.74, 6) is -1.47. The zero-order chi connectivity index (χ0) is 42.3. The highest BCUT2D eigenvalue weighted by Crippen LogP contribution is 2.44. The fourth-order valence-electron chi connectivity index (χ4n) is 7.98. The van der Waals surface area contributed by atoms with E-state index in [0.29, 0.717) is 38.2 Å². The van der Waals surface area contributed by atoms with Gasteiger partial charge in [0.25, 0.3) is 0 Å². The van der Waals surface area contributed by atoms with Crippen LogP contribution in [0.25, 0.3) is 11.1 Å². The monoisotopic (exact) mass is 813 g/mol. The first-order valence-corrected chi connectivity index (χ1v) is 20.7. The molecule has 0 bridgehead atoms. The van der Waals surface area contributed by atoms with Crippen molar-refractivity contribution in [2.45, 2.75) is 75.6 Å². The van der Waals surface area contributed by atoms with Crippen molar-refractivity contribution < 1.29 is 38.5 Å². The normalized spacial score (nSPS) is 15.8. The number of allylic oxidation sites excluding steroid dienone is 2. The lowest BCUT2D eigenvalue weighted by Gasteiger charge is -2.27. The smallest absolute Gasteiger partial charge is 0.407 e. The number of aliphatic hydroxyl groups is 1. The van der Waals surface area contributed by atoms with E-state index in [2.05, 4.69) is 35.9 Å². The Morgan fingerprint density at radius 2 is 1.50 bits per heavy atom. The molecule has 1 fully saturated rings. The third-order valence-electron chi connectivity index (χ3n) is 11.2. The predicted octanol–water partition coefficient (Wildman–Crippen LogP) is 7.28. The number of alkyl carbamates (subject to hydrolysis) is 1. The fourth-order valence-corrected chi connectivity index (χ4v) is 7.98. The van der Waals surface area contributed by atoms with E-state index in [0.717, 1.165) is 39.8 Å². The molecule has 0 aromatic heterocycles. The lowest BCUT2D eigenvalue weighted by molar-refractivity contribution is -0.147. The second kappa shape index (κ2) is 21.7. The SMILES string of the molecule is C=CCC[C@H](NC(=O)OCC1c2ccccc2-c2ccccc21)C(=O)OC[C@H](Cc1ccc(OCc2ccccc2)cc1)NC(=O)[C@H](CC=C)CC(=O)N1CCC[C@H]1CO. The van der Waals surface area contributed by atoms with Gasteiger partial charge in [-0.3, -0.25) is 9.59 Å². The molecule has 11 nitrogen and oxygen atoms in total. The van der Waals surface area contributed by atoms with E-state index in [9.17, 15) is 24.3 Å². The van der Waals surface area contributed by atoms with Crippen LogP contribution >= 0.6 is 0 Å². The molecule has 4 aromatic rings. The van der Waals surface area contributed by atoms with Crippen LogP contribution in [0.2, 0.25) is 0 Å². The van der Waals surface area contributed by atoms with Crippen LogP contribution < -0.4 is 15.4 Å². The van der Waals surface area contributed by atoms with Gasteiger partial charge in [-0.1, -0.05) is 103 Å². The van der Waals surface area contributed by atoms with Crippen molar-refractivity contribution in [1.82, 2.24) is 15.5 Å². The maximum Gasteiger partial charge on any atom is 0.407 e. The molecule has 11 heteroatoms. The molecule has 0 radical (unpaired) electrons. The molecule has 3 N–H and O–H groups in total. The lowest BCUT2D eigenvalue weighted by atomic mass is 9.98. The summed E-state index contributed by atoms with van der Waals surface area (Å²) in [6, 6.07) is 31.4. The summed E-state index contributed by atoms with van der Waals surface area (Å²) in [4.78, 5) is 55.8. The van der Waals surface area contributed by atoms with Crippen LogP contribution in [0.15, 0.2) is 128 Å². The third-order valence-corrected chi connectivity index (χ3v) is 11.2. The predicted molar refractivity (Wildman–Crippen MR) is 230 cm³/mol. The summed E-state index contributed by atoms with van der Waals surface area (Å²) < 4.78 is 17.5. The number of hydrogen-bond acceptors (Lipinski definition) is 8. The van der Waals surface area contributed by atoms with Crippen molar-refractivity contribution in [2.24, 2.45) is 5.92 Å². The van der Waals surface area contributed by atoms with Gasteiger partial charge in [0.05, 0.1) is 24.6 Å². The topological polar surface area (TPSA) is 144 Å². The maximum atomic E-state index is 13.9. The molecule has 60 heavy (non-hydrogen) atoms. The number of fused-ring (bicyclic) bond motifs is 3. The number of benzene rings is 4. The van der Waals surface area contributed by atoms with Crippen LogP contribution in [0.4, 0.5) is 4.79 Å². The van der Waals surface area contributed by atoms with E-state index in [-0.39, 0.29) is 62.9 Å². The van der Waals surface area contributed by atoms with Gasteiger partial charge in [0.2, 0.25) is 11.8 Å². The average Bonchev–Trinajstić information content (AvgIpc) is 3.89. The Morgan fingerprint density at radius 1 is 0.817 bits per heavy atom. The standard InChI is InChI=1S/C49H55N3O8/c1-3-5-22-45(51-49(57)60-33-44-42-20-11-9-18-40(42)41-19-10-12-21-43(41)44)48(56)59-32-37(28-34-23-25-39(26-24-34)58-31-35-15-7-6-8-16-35)50-47(55)36(14-4-2)29-46(54)52-27-13-17-38(52)30-53/h3-4,6-12,15-16,18-21,23-26,36-38,44-45,53H,1-2,5,13-14,17,22,27-33H2,(H,50,55)(H,51,57)/t36-,37+,38+,45+/m1/s1. The first-order valence-electron chi connectivity index (χ1n) is 20.7. The van der Waals surface area contributed by atoms with E-state index in [1.165, 1.54) is 0 Å². The molecule has 2 aliphatic rings. The largest absolute Gasteiger partial charge is 0.489 e. The molecule has 1 saturated heterocycles. The Hall–Kier alpha value is -6.20. The first kappa shape index (κ1) is 43.4. The van der Waals surface area contributed by atoms with Gasteiger partial charge >= 0.3 is 12.1 Å². The number of aliphatic hydroxyl groups excluding tert-OH is 1. The van der Waals surface area contributed by atoms with Gasteiger partial charge in [-0.25, -0.2) is 9.59 Å². The second-order valence-corrected chi connectivity index (χ2v) is 15.3. The molecule has 1 aliphatic carbocycles. The van der Waals surface area contributed by atoms with Gasteiger partial charge in [0, 0.05) is 18.9 Å². The van der Waals surface area contributed by atoms with Crippen molar-refractivity contribution in [3.63, 3.8) is 0 Å². The number of ether oxygens (including phenoxy) is 3. The van der Waals surface area contributed by atoms with Crippen LogP contribution in [0, 0.1) is 5.92 Å². The third kappa shape index (κ3) is 11.5. The molecule has 1 heterocycles. The number of esters is 1. The summed E-state index contributed by atoms with van der Waals surface area (Å²) in [5.41, 5.74) is 6.24. The highest BCUT2D eigenvalue weighted by Gasteiger charge is 2.33. The average molecular weight is 814 g/mol. The number of nitrogens with one attached hydrogen (secondary N) is 2.